The van der Waals surface area contributed by atoms with Crippen LogP contribution in [0.2, 0.25) is 10.0 Å². The van der Waals surface area contributed by atoms with E-state index in [9.17, 15) is 13.2 Å². The maximum Gasteiger partial charge on any atom is 0.243 e. The quantitative estimate of drug-likeness (QED) is 0.603. The molecule has 1 amide bonds. The van der Waals surface area contributed by atoms with Crippen molar-refractivity contribution in [3.63, 3.8) is 0 Å². The monoisotopic (exact) mass is 468 g/mol. The highest BCUT2D eigenvalue weighted by Crippen LogP contribution is 2.29. The van der Waals surface area contributed by atoms with Gasteiger partial charge in [0, 0.05) is 30.2 Å². The van der Waals surface area contributed by atoms with Crippen LogP contribution in [0.25, 0.3) is 0 Å². The predicted octanol–water partition coefficient (Wildman–Crippen LogP) is 4.93. The second kappa shape index (κ2) is 9.69. The molecule has 0 aromatic heterocycles. The molecular formula is C22H26Cl2N2O3S. The third-order valence-electron chi connectivity index (χ3n) is 5.62. The summed E-state index contributed by atoms with van der Waals surface area (Å²) in [6.45, 7) is 3.04. The van der Waals surface area contributed by atoms with E-state index < -0.39 is 10.0 Å². The second-order valence-corrected chi connectivity index (χ2v) is 10.4. The molecule has 1 fully saturated rings. The number of sulfonamides is 1. The lowest BCUT2D eigenvalue weighted by Crippen LogP contribution is -2.35. The summed E-state index contributed by atoms with van der Waals surface area (Å²) >= 11 is 12.2. The largest absolute Gasteiger partial charge is 0.339 e. The van der Waals surface area contributed by atoms with Crippen LogP contribution in [-0.2, 0) is 21.2 Å². The van der Waals surface area contributed by atoms with Gasteiger partial charge in [-0.1, -0.05) is 47.8 Å². The van der Waals surface area contributed by atoms with E-state index in [0.29, 0.717) is 23.1 Å². The van der Waals surface area contributed by atoms with Gasteiger partial charge in [0.1, 0.15) is 0 Å². The maximum atomic E-state index is 12.8. The highest BCUT2D eigenvalue weighted by molar-refractivity contribution is 7.89. The molecule has 0 N–H and O–H groups in total. The molecule has 30 heavy (non-hydrogen) atoms. The fraction of sp³-hybridized carbons (Fsp3) is 0.409. The van der Waals surface area contributed by atoms with Crippen molar-refractivity contribution in [1.29, 1.82) is 0 Å². The van der Waals surface area contributed by atoms with Crippen LogP contribution < -0.4 is 0 Å². The number of hydrogen-bond acceptors (Lipinski definition) is 3. The normalized spacial score (nSPS) is 16.3. The van der Waals surface area contributed by atoms with Crippen molar-refractivity contribution in [2.24, 2.45) is 0 Å². The number of benzene rings is 2. The number of nitrogens with zero attached hydrogens (tertiary/aromatic N) is 2. The first-order valence-corrected chi connectivity index (χ1v) is 12.2. The zero-order valence-corrected chi connectivity index (χ0v) is 19.5. The third-order valence-corrected chi connectivity index (χ3v) is 8.09. The van der Waals surface area contributed by atoms with E-state index in [4.69, 9.17) is 23.2 Å². The molecule has 1 aliphatic heterocycles. The minimum Gasteiger partial charge on any atom is -0.339 e. The van der Waals surface area contributed by atoms with E-state index in [-0.39, 0.29) is 23.3 Å². The SMILES string of the molecule is CC(c1ccc(Cl)cc1Cl)N(C)C(=O)Cc1ccc(S(=O)(=O)N2CCCCC2)cc1. The molecule has 2 aromatic rings. The Kier molecular flexibility index (Phi) is 7.45. The van der Waals surface area contributed by atoms with Crippen LogP contribution in [0.4, 0.5) is 0 Å². The van der Waals surface area contributed by atoms with Gasteiger partial charge in [0.05, 0.1) is 17.4 Å². The van der Waals surface area contributed by atoms with E-state index >= 15 is 0 Å². The first-order chi connectivity index (χ1) is 14.2. The Bertz CT molecular complexity index is 1000. The van der Waals surface area contributed by atoms with E-state index in [0.717, 1.165) is 30.4 Å². The van der Waals surface area contributed by atoms with E-state index in [2.05, 4.69) is 0 Å². The molecule has 5 nitrogen and oxygen atoms in total. The Hall–Kier alpha value is -1.60. The zero-order chi connectivity index (χ0) is 21.9. The minimum absolute atomic E-state index is 0.0832. The van der Waals surface area contributed by atoms with Crippen molar-refractivity contribution in [2.45, 2.75) is 43.5 Å². The summed E-state index contributed by atoms with van der Waals surface area (Å²) in [6, 6.07) is 11.6. The summed E-state index contributed by atoms with van der Waals surface area (Å²) < 4.78 is 27.1. The van der Waals surface area contributed by atoms with Crippen molar-refractivity contribution >= 4 is 39.1 Å². The van der Waals surface area contributed by atoms with Crippen LogP contribution >= 0.6 is 23.2 Å². The van der Waals surface area contributed by atoms with Gasteiger partial charge in [-0.05, 0) is 55.2 Å². The Morgan fingerprint density at radius 2 is 1.70 bits per heavy atom. The van der Waals surface area contributed by atoms with Crippen molar-refractivity contribution in [3.8, 4) is 0 Å². The fourth-order valence-electron chi connectivity index (χ4n) is 3.60. The van der Waals surface area contributed by atoms with E-state index in [1.807, 2.05) is 13.0 Å². The number of likely N-dealkylation sites (N-methyl/N-ethyl adjacent to an activating group) is 1. The van der Waals surface area contributed by atoms with Crippen LogP contribution in [-0.4, -0.2) is 43.7 Å². The van der Waals surface area contributed by atoms with Crippen LogP contribution in [0.1, 0.15) is 43.4 Å². The highest BCUT2D eigenvalue weighted by Gasteiger charge is 2.26. The van der Waals surface area contributed by atoms with E-state index in [1.165, 1.54) is 0 Å². The van der Waals surface area contributed by atoms with Gasteiger partial charge >= 0.3 is 0 Å². The van der Waals surface area contributed by atoms with Crippen LogP contribution in [0.3, 0.4) is 0 Å². The number of carbonyl (C=O) groups excluding carboxylic acids is 1. The molecule has 1 saturated heterocycles. The van der Waals surface area contributed by atoms with E-state index in [1.54, 1.807) is 52.7 Å². The minimum atomic E-state index is -3.47. The standard InChI is InChI=1S/C22H26Cl2N2O3S/c1-16(20-11-8-18(23)15-21(20)24)25(2)22(27)14-17-6-9-19(10-7-17)30(28,29)26-12-4-3-5-13-26/h6-11,15-16H,3-5,12-14H2,1-2H3. The van der Waals surface area contributed by atoms with Gasteiger partial charge in [0.15, 0.2) is 0 Å². The highest BCUT2D eigenvalue weighted by atomic mass is 35.5. The molecule has 0 radical (unpaired) electrons. The van der Waals surface area contributed by atoms with Gasteiger partial charge in [-0.3, -0.25) is 4.79 Å². The lowest BCUT2D eigenvalue weighted by atomic mass is 10.1. The van der Waals surface area contributed by atoms with Crippen LogP contribution in [0, 0.1) is 0 Å². The Labute approximate surface area is 188 Å². The summed E-state index contributed by atoms with van der Waals surface area (Å²) in [5, 5.41) is 1.06. The van der Waals surface area contributed by atoms with Gasteiger partial charge < -0.3 is 4.90 Å². The van der Waals surface area contributed by atoms with Crippen LogP contribution in [0.15, 0.2) is 47.4 Å². The summed E-state index contributed by atoms with van der Waals surface area (Å²) in [6.07, 6.45) is 3.04. The predicted molar refractivity (Wildman–Crippen MR) is 120 cm³/mol. The molecule has 0 aliphatic carbocycles. The number of halogens is 2. The first-order valence-electron chi connectivity index (χ1n) is 10.00. The number of piperidine rings is 1. The van der Waals surface area contributed by atoms with Gasteiger partial charge in [-0.15, -0.1) is 0 Å². The molecule has 0 saturated carbocycles. The molecule has 162 valence electrons. The zero-order valence-electron chi connectivity index (χ0n) is 17.1. The Morgan fingerprint density at radius 1 is 1.07 bits per heavy atom. The molecule has 0 spiro atoms. The molecular weight excluding hydrogens is 443 g/mol. The van der Waals surface area contributed by atoms with Crippen molar-refractivity contribution in [1.82, 2.24) is 9.21 Å². The number of amides is 1. The first kappa shape index (κ1) is 23.1. The number of rotatable bonds is 6. The summed E-state index contributed by atoms with van der Waals surface area (Å²) in [4.78, 5) is 14.7. The average Bonchev–Trinajstić information content (AvgIpc) is 2.73. The van der Waals surface area contributed by atoms with Gasteiger partial charge in [0.2, 0.25) is 15.9 Å². The summed E-state index contributed by atoms with van der Waals surface area (Å²) in [5.41, 5.74) is 1.58. The topological polar surface area (TPSA) is 57.7 Å². The maximum absolute atomic E-state index is 12.8. The van der Waals surface area contributed by atoms with Crippen molar-refractivity contribution in [2.75, 3.05) is 20.1 Å². The second-order valence-electron chi connectivity index (χ2n) is 7.63. The van der Waals surface area contributed by atoms with Gasteiger partial charge in [-0.2, -0.15) is 4.31 Å². The average molecular weight is 469 g/mol. The molecule has 1 atom stereocenters. The van der Waals surface area contributed by atoms with Crippen molar-refractivity contribution < 1.29 is 13.2 Å². The lowest BCUT2D eigenvalue weighted by molar-refractivity contribution is -0.131. The molecule has 3 rings (SSSR count). The van der Waals surface area contributed by atoms with Gasteiger partial charge in [-0.25, -0.2) is 8.42 Å². The number of carbonyl (C=O) groups is 1. The van der Waals surface area contributed by atoms with Crippen LogP contribution in [0.5, 0.6) is 0 Å². The van der Waals surface area contributed by atoms with Crippen molar-refractivity contribution in [3.05, 3.63) is 63.6 Å². The Balaban J connectivity index is 1.68. The molecule has 1 aliphatic rings. The summed E-state index contributed by atoms with van der Waals surface area (Å²) in [7, 11) is -1.74. The smallest absolute Gasteiger partial charge is 0.243 e. The third kappa shape index (κ3) is 5.17. The van der Waals surface area contributed by atoms with Gasteiger partial charge in [0.25, 0.3) is 0 Å². The lowest BCUT2D eigenvalue weighted by Gasteiger charge is -2.27. The summed E-state index contributed by atoms with van der Waals surface area (Å²) in [5.74, 6) is -0.0832. The Morgan fingerprint density at radius 3 is 2.30 bits per heavy atom. The molecule has 8 heteroatoms. The number of hydrogen-bond donors (Lipinski definition) is 0. The molecule has 1 heterocycles. The molecule has 2 aromatic carbocycles. The fourth-order valence-corrected chi connectivity index (χ4v) is 5.68. The molecule has 1 unspecified atom stereocenters. The molecule has 0 bridgehead atoms.